The van der Waals surface area contributed by atoms with Crippen molar-refractivity contribution in [3.63, 3.8) is 0 Å². The Morgan fingerprint density at radius 3 is 2.88 bits per heavy atom. The summed E-state index contributed by atoms with van der Waals surface area (Å²) in [5.41, 5.74) is 7.33. The van der Waals surface area contributed by atoms with Crippen molar-refractivity contribution >= 4 is 5.69 Å². The molecular formula is C12H16N4. The summed E-state index contributed by atoms with van der Waals surface area (Å²) in [7, 11) is 0. The molecule has 4 heteroatoms. The third kappa shape index (κ3) is 2.15. The Kier molecular flexibility index (Phi) is 3.37. The lowest BCUT2D eigenvalue weighted by Gasteiger charge is -2.33. The fourth-order valence-corrected chi connectivity index (χ4v) is 2.14. The molecule has 0 amide bonds. The molecule has 0 radical (unpaired) electrons. The van der Waals surface area contributed by atoms with E-state index in [0.717, 1.165) is 38.2 Å². The van der Waals surface area contributed by atoms with E-state index in [1.807, 2.05) is 0 Å². The van der Waals surface area contributed by atoms with E-state index in [9.17, 15) is 0 Å². The first-order chi connectivity index (χ1) is 7.85. The highest BCUT2D eigenvalue weighted by molar-refractivity contribution is 5.57. The topological polar surface area (TPSA) is 65.9 Å². The highest BCUT2D eigenvalue weighted by Gasteiger charge is 2.19. The molecule has 1 aliphatic heterocycles. The van der Waals surface area contributed by atoms with Crippen LogP contribution < -0.4 is 10.6 Å². The van der Waals surface area contributed by atoms with E-state index in [4.69, 9.17) is 11.0 Å². The lowest BCUT2D eigenvalue weighted by Crippen LogP contribution is -2.36. The number of rotatable bonds is 2. The number of hydrogen-bond acceptors (Lipinski definition) is 4. The molecule has 0 unspecified atom stereocenters. The van der Waals surface area contributed by atoms with E-state index in [2.05, 4.69) is 16.0 Å². The maximum Gasteiger partial charge on any atom is 0.101 e. The Bertz CT molecular complexity index is 388. The lowest BCUT2D eigenvalue weighted by molar-refractivity contribution is 0.414. The first kappa shape index (κ1) is 10.9. The van der Waals surface area contributed by atoms with Gasteiger partial charge in [-0.05, 0) is 31.4 Å². The molecule has 0 spiro atoms. The molecular weight excluding hydrogens is 200 g/mol. The maximum atomic E-state index is 9.02. The van der Waals surface area contributed by atoms with Crippen LogP contribution in [0.5, 0.6) is 0 Å². The van der Waals surface area contributed by atoms with Gasteiger partial charge in [-0.3, -0.25) is 4.98 Å². The number of nitriles is 1. The minimum absolute atomic E-state index is 0.637. The number of anilines is 1. The number of hydrogen-bond donors (Lipinski definition) is 1. The molecule has 16 heavy (non-hydrogen) atoms. The van der Waals surface area contributed by atoms with Crippen LogP contribution in [-0.2, 0) is 0 Å². The second-order valence-electron chi connectivity index (χ2n) is 4.17. The second-order valence-corrected chi connectivity index (χ2v) is 4.17. The molecule has 1 aromatic rings. The molecule has 1 saturated heterocycles. The summed E-state index contributed by atoms with van der Waals surface area (Å²) in [6.07, 6.45) is 5.66. The monoisotopic (exact) mass is 216 g/mol. The first-order valence-corrected chi connectivity index (χ1v) is 5.64. The van der Waals surface area contributed by atoms with Crippen molar-refractivity contribution in [1.82, 2.24) is 4.98 Å². The zero-order chi connectivity index (χ0) is 11.4. The van der Waals surface area contributed by atoms with E-state index in [1.54, 1.807) is 18.5 Å². The van der Waals surface area contributed by atoms with Crippen LogP contribution in [0.25, 0.3) is 0 Å². The summed E-state index contributed by atoms with van der Waals surface area (Å²) in [5.74, 6) is 0.637. The van der Waals surface area contributed by atoms with Crippen LogP contribution >= 0.6 is 0 Å². The van der Waals surface area contributed by atoms with E-state index < -0.39 is 0 Å². The third-order valence-electron chi connectivity index (χ3n) is 3.21. The van der Waals surface area contributed by atoms with Crippen LogP contribution in [-0.4, -0.2) is 24.6 Å². The van der Waals surface area contributed by atoms with Crippen molar-refractivity contribution in [3.8, 4) is 6.07 Å². The fourth-order valence-electron chi connectivity index (χ4n) is 2.14. The highest BCUT2D eigenvalue weighted by atomic mass is 15.1. The van der Waals surface area contributed by atoms with E-state index in [-0.39, 0.29) is 0 Å². The van der Waals surface area contributed by atoms with Crippen LogP contribution in [0.15, 0.2) is 18.5 Å². The van der Waals surface area contributed by atoms with Crippen molar-refractivity contribution in [2.45, 2.75) is 12.8 Å². The molecule has 0 saturated carbocycles. The van der Waals surface area contributed by atoms with Crippen molar-refractivity contribution in [3.05, 3.63) is 24.0 Å². The quantitative estimate of drug-likeness (QED) is 0.804. The van der Waals surface area contributed by atoms with Gasteiger partial charge in [0.05, 0.1) is 17.4 Å². The van der Waals surface area contributed by atoms with Gasteiger partial charge in [0.25, 0.3) is 0 Å². The molecule has 0 aliphatic carbocycles. The summed E-state index contributed by atoms with van der Waals surface area (Å²) < 4.78 is 0. The third-order valence-corrected chi connectivity index (χ3v) is 3.21. The molecule has 2 rings (SSSR count). The molecule has 2 N–H and O–H groups in total. The number of aromatic nitrogens is 1. The molecule has 1 aromatic heterocycles. The summed E-state index contributed by atoms with van der Waals surface area (Å²) >= 11 is 0. The Morgan fingerprint density at radius 2 is 2.25 bits per heavy atom. The van der Waals surface area contributed by atoms with Crippen LogP contribution in [0, 0.1) is 17.2 Å². The van der Waals surface area contributed by atoms with Crippen LogP contribution in [0.3, 0.4) is 0 Å². The fraction of sp³-hybridized carbons (Fsp3) is 0.500. The molecule has 0 atom stereocenters. The zero-order valence-corrected chi connectivity index (χ0v) is 9.26. The average molecular weight is 216 g/mol. The molecule has 0 bridgehead atoms. The van der Waals surface area contributed by atoms with Gasteiger partial charge in [-0.15, -0.1) is 0 Å². The van der Waals surface area contributed by atoms with Crippen molar-refractivity contribution < 1.29 is 0 Å². The van der Waals surface area contributed by atoms with Gasteiger partial charge >= 0.3 is 0 Å². The molecule has 1 fully saturated rings. The van der Waals surface area contributed by atoms with Gasteiger partial charge in [-0.25, -0.2) is 0 Å². The highest BCUT2D eigenvalue weighted by Crippen LogP contribution is 2.24. The standard InChI is InChI=1S/C12H16N4/c13-7-10-2-5-16(6-3-10)12-9-15-4-1-11(12)8-14/h1,4,9-10H,2-3,5-7,13H2. The number of piperidine rings is 1. The predicted octanol–water partition coefficient (Wildman–Crippen LogP) is 1.13. The minimum Gasteiger partial charge on any atom is -0.369 e. The van der Waals surface area contributed by atoms with E-state index in [0.29, 0.717) is 11.5 Å². The number of pyridine rings is 1. The molecule has 1 aliphatic rings. The smallest absolute Gasteiger partial charge is 0.101 e. The molecule has 0 aromatic carbocycles. The predicted molar refractivity (Wildman–Crippen MR) is 62.9 cm³/mol. The summed E-state index contributed by atoms with van der Waals surface area (Å²) in [4.78, 5) is 6.32. The Morgan fingerprint density at radius 1 is 1.50 bits per heavy atom. The number of nitrogens with zero attached hydrogens (tertiary/aromatic N) is 3. The van der Waals surface area contributed by atoms with Crippen LogP contribution in [0.4, 0.5) is 5.69 Å². The Balaban J connectivity index is 2.11. The van der Waals surface area contributed by atoms with Gasteiger partial charge in [0.2, 0.25) is 0 Å². The first-order valence-electron chi connectivity index (χ1n) is 5.64. The van der Waals surface area contributed by atoms with Gasteiger partial charge in [0, 0.05) is 19.3 Å². The molecule has 84 valence electrons. The van der Waals surface area contributed by atoms with Gasteiger partial charge in [-0.2, -0.15) is 5.26 Å². The lowest BCUT2D eigenvalue weighted by atomic mass is 9.96. The van der Waals surface area contributed by atoms with Crippen molar-refractivity contribution in [1.29, 1.82) is 5.26 Å². The van der Waals surface area contributed by atoms with Gasteiger partial charge in [0.1, 0.15) is 6.07 Å². The van der Waals surface area contributed by atoms with Crippen LogP contribution in [0.1, 0.15) is 18.4 Å². The van der Waals surface area contributed by atoms with Crippen molar-refractivity contribution in [2.75, 3.05) is 24.5 Å². The Labute approximate surface area is 95.7 Å². The van der Waals surface area contributed by atoms with Crippen LogP contribution in [0.2, 0.25) is 0 Å². The van der Waals surface area contributed by atoms with Gasteiger partial charge in [-0.1, -0.05) is 0 Å². The number of nitrogens with two attached hydrogens (primary N) is 1. The van der Waals surface area contributed by atoms with Crippen molar-refractivity contribution in [2.24, 2.45) is 11.7 Å². The average Bonchev–Trinajstić information content (AvgIpc) is 2.39. The largest absolute Gasteiger partial charge is 0.369 e. The van der Waals surface area contributed by atoms with Gasteiger partial charge < -0.3 is 10.6 Å². The maximum absolute atomic E-state index is 9.02. The summed E-state index contributed by atoms with van der Waals surface area (Å²) in [6.45, 7) is 2.72. The summed E-state index contributed by atoms with van der Waals surface area (Å²) in [6, 6.07) is 3.98. The Hall–Kier alpha value is -1.60. The zero-order valence-electron chi connectivity index (χ0n) is 9.26. The SMILES string of the molecule is N#Cc1ccncc1N1CCC(CN)CC1. The molecule has 2 heterocycles. The normalized spacial score (nSPS) is 17.1. The van der Waals surface area contributed by atoms with E-state index in [1.165, 1.54) is 0 Å². The van der Waals surface area contributed by atoms with E-state index >= 15 is 0 Å². The summed E-state index contributed by atoms with van der Waals surface area (Å²) in [5, 5.41) is 9.02. The van der Waals surface area contributed by atoms with Gasteiger partial charge in [0.15, 0.2) is 0 Å². The minimum atomic E-state index is 0.637. The second kappa shape index (κ2) is 4.95. The molecule has 4 nitrogen and oxygen atoms in total.